The standard InChI is InChI=1S/C26H24FNO.C2H6.H2/c1-4-8-20(17-9-7-10-19(15-17)26(2,3)27)18-13-14-24-23(16-18)21-11-5-6-12-22(21)25(29)28-24;1-2;/h4-16,20H,1-3H3,(H,28,29);1-2H3;1H/b8-4-;;. The maximum Gasteiger partial charge on any atom is 0.256 e. The van der Waals surface area contributed by atoms with Crippen LogP contribution in [0.4, 0.5) is 4.39 Å². The van der Waals surface area contributed by atoms with E-state index >= 15 is 0 Å². The van der Waals surface area contributed by atoms with Gasteiger partial charge in [-0.3, -0.25) is 4.79 Å². The number of H-pyrrole nitrogens is 1. The third kappa shape index (κ3) is 4.61. The van der Waals surface area contributed by atoms with E-state index in [1.807, 2.05) is 87.5 Å². The molecule has 1 aromatic heterocycles. The molecule has 2 nitrogen and oxygen atoms in total. The molecule has 4 rings (SSSR count). The highest BCUT2D eigenvalue weighted by atomic mass is 19.1. The summed E-state index contributed by atoms with van der Waals surface area (Å²) >= 11 is 0. The Morgan fingerprint density at radius 2 is 1.58 bits per heavy atom. The first-order valence-corrected chi connectivity index (χ1v) is 10.9. The molecular formula is C28H32FNO. The zero-order chi connectivity index (χ0) is 22.6. The quantitative estimate of drug-likeness (QED) is 0.266. The van der Waals surface area contributed by atoms with Gasteiger partial charge in [-0.15, -0.1) is 0 Å². The Labute approximate surface area is 184 Å². The zero-order valence-electron chi connectivity index (χ0n) is 18.9. The van der Waals surface area contributed by atoms with E-state index in [0.29, 0.717) is 10.9 Å². The minimum absolute atomic E-state index is 0. The maximum atomic E-state index is 14.5. The first-order valence-electron chi connectivity index (χ1n) is 10.9. The molecule has 0 aliphatic rings. The van der Waals surface area contributed by atoms with Crippen LogP contribution in [0.2, 0.25) is 0 Å². The molecule has 3 aromatic carbocycles. The second kappa shape index (κ2) is 9.30. The van der Waals surface area contributed by atoms with Crippen molar-refractivity contribution in [1.82, 2.24) is 4.98 Å². The average Bonchev–Trinajstić information content (AvgIpc) is 2.78. The number of alkyl halides is 1. The fourth-order valence-electron chi connectivity index (χ4n) is 3.90. The SMILES string of the molecule is C/C=C\C(c1cccc(C(C)(C)F)c1)c1ccc2[nH]c(=O)c3ccccc3c2c1.CC.[HH]. The van der Waals surface area contributed by atoms with Crippen LogP contribution in [0.1, 0.15) is 58.7 Å². The van der Waals surface area contributed by atoms with Crippen molar-refractivity contribution in [3.63, 3.8) is 0 Å². The number of halogens is 1. The van der Waals surface area contributed by atoms with Gasteiger partial charge in [0.15, 0.2) is 0 Å². The van der Waals surface area contributed by atoms with Gasteiger partial charge in [0.2, 0.25) is 0 Å². The highest BCUT2D eigenvalue weighted by Crippen LogP contribution is 2.33. The molecule has 1 N–H and O–H groups in total. The highest BCUT2D eigenvalue weighted by molar-refractivity contribution is 6.05. The Kier molecular flexibility index (Phi) is 6.74. The minimum atomic E-state index is -1.39. The van der Waals surface area contributed by atoms with Crippen LogP contribution < -0.4 is 5.56 Å². The molecule has 0 saturated heterocycles. The average molecular weight is 418 g/mol. The number of pyridine rings is 1. The normalized spacial score (nSPS) is 12.7. The third-order valence-corrected chi connectivity index (χ3v) is 5.43. The van der Waals surface area contributed by atoms with Gasteiger partial charge >= 0.3 is 0 Å². The summed E-state index contributed by atoms with van der Waals surface area (Å²) in [5.74, 6) is -0.00242. The van der Waals surface area contributed by atoms with E-state index < -0.39 is 5.67 Å². The van der Waals surface area contributed by atoms with Crippen LogP contribution in [0.3, 0.4) is 0 Å². The number of aromatic nitrogens is 1. The second-order valence-corrected chi connectivity index (χ2v) is 7.91. The molecule has 0 radical (unpaired) electrons. The van der Waals surface area contributed by atoms with E-state index in [-0.39, 0.29) is 12.9 Å². The van der Waals surface area contributed by atoms with Crippen molar-refractivity contribution in [1.29, 1.82) is 0 Å². The fourth-order valence-corrected chi connectivity index (χ4v) is 3.90. The number of aromatic amines is 1. The van der Waals surface area contributed by atoms with Crippen molar-refractivity contribution in [3.8, 4) is 0 Å². The van der Waals surface area contributed by atoms with Crippen molar-refractivity contribution in [2.24, 2.45) is 0 Å². The van der Waals surface area contributed by atoms with Gasteiger partial charge in [0.25, 0.3) is 5.56 Å². The molecule has 0 saturated carbocycles. The van der Waals surface area contributed by atoms with Gasteiger partial charge < -0.3 is 4.98 Å². The number of hydrogen-bond donors (Lipinski definition) is 1. The summed E-state index contributed by atoms with van der Waals surface area (Å²) in [6.45, 7) is 9.15. The number of allylic oxidation sites excluding steroid dienone is 2. The predicted octanol–water partition coefficient (Wildman–Crippen LogP) is 7.87. The largest absolute Gasteiger partial charge is 0.321 e. The zero-order valence-corrected chi connectivity index (χ0v) is 18.9. The molecule has 0 aliphatic carbocycles. The third-order valence-electron chi connectivity index (χ3n) is 5.43. The van der Waals surface area contributed by atoms with Crippen molar-refractivity contribution < 1.29 is 5.82 Å². The van der Waals surface area contributed by atoms with Crippen LogP contribution in [-0.4, -0.2) is 4.98 Å². The summed E-state index contributed by atoms with van der Waals surface area (Å²) in [6, 6.07) is 21.5. The molecule has 0 amide bonds. The summed E-state index contributed by atoms with van der Waals surface area (Å²) in [7, 11) is 0. The molecular weight excluding hydrogens is 385 g/mol. The summed E-state index contributed by atoms with van der Waals surface area (Å²) in [4.78, 5) is 15.3. The number of rotatable bonds is 4. The summed E-state index contributed by atoms with van der Waals surface area (Å²) in [5, 5.41) is 2.63. The van der Waals surface area contributed by atoms with Crippen LogP contribution in [0.25, 0.3) is 21.7 Å². The van der Waals surface area contributed by atoms with Crippen LogP contribution in [-0.2, 0) is 5.67 Å². The first-order chi connectivity index (χ1) is 14.9. The lowest BCUT2D eigenvalue weighted by Gasteiger charge is -2.20. The lowest BCUT2D eigenvalue weighted by Crippen LogP contribution is -2.10. The van der Waals surface area contributed by atoms with E-state index in [2.05, 4.69) is 17.1 Å². The Morgan fingerprint density at radius 1 is 0.903 bits per heavy atom. The Balaban J connectivity index is 0.00000118. The summed E-state index contributed by atoms with van der Waals surface area (Å²) in [6.07, 6.45) is 4.15. The maximum absolute atomic E-state index is 14.5. The van der Waals surface area contributed by atoms with Crippen LogP contribution >= 0.6 is 0 Å². The Morgan fingerprint density at radius 3 is 2.26 bits per heavy atom. The molecule has 4 aromatic rings. The van der Waals surface area contributed by atoms with E-state index in [1.165, 1.54) is 0 Å². The highest BCUT2D eigenvalue weighted by Gasteiger charge is 2.21. The Hall–Kier alpha value is -3.20. The molecule has 3 heteroatoms. The topological polar surface area (TPSA) is 32.9 Å². The molecule has 1 unspecified atom stereocenters. The molecule has 31 heavy (non-hydrogen) atoms. The van der Waals surface area contributed by atoms with Gasteiger partial charge in [-0.25, -0.2) is 4.39 Å². The van der Waals surface area contributed by atoms with E-state index in [0.717, 1.165) is 27.4 Å². The van der Waals surface area contributed by atoms with E-state index in [9.17, 15) is 9.18 Å². The lowest BCUT2D eigenvalue weighted by molar-refractivity contribution is 0.221. The second-order valence-electron chi connectivity index (χ2n) is 7.91. The summed E-state index contributed by atoms with van der Waals surface area (Å²) in [5.41, 5.74) is 2.15. The molecule has 0 fully saturated rings. The van der Waals surface area contributed by atoms with Crippen molar-refractivity contribution >= 4 is 21.7 Å². The summed E-state index contributed by atoms with van der Waals surface area (Å²) < 4.78 is 14.5. The lowest BCUT2D eigenvalue weighted by atomic mass is 9.87. The number of fused-ring (bicyclic) bond motifs is 3. The molecule has 1 heterocycles. The van der Waals surface area contributed by atoms with Gasteiger partial charge in [-0.05, 0) is 61.0 Å². The van der Waals surface area contributed by atoms with Gasteiger partial charge in [0, 0.05) is 23.6 Å². The molecule has 162 valence electrons. The number of hydrogen-bond acceptors (Lipinski definition) is 1. The predicted molar refractivity (Wildman–Crippen MR) is 133 cm³/mol. The molecule has 1 atom stereocenters. The molecule has 0 aliphatic heterocycles. The van der Waals surface area contributed by atoms with E-state index in [1.54, 1.807) is 13.8 Å². The smallest absolute Gasteiger partial charge is 0.256 e. The fraction of sp³-hybridized carbons (Fsp3) is 0.250. The van der Waals surface area contributed by atoms with E-state index in [4.69, 9.17) is 0 Å². The first kappa shape index (κ1) is 22.5. The van der Waals surface area contributed by atoms with Crippen LogP contribution in [0.5, 0.6) is 0 Å². The number of nitrogens with one attached hydrogen (secondary N) is 1. The van der Waals surface area contributed by atoms with Crippen molar-refractivity contribution in [2.75, 3.05) is 0 Å². The molecule has 0 spiro atoms. The van der Waals surface area contributed by atoms with Crippen molar-refractivity contribution in [3.05, 3.63) is 106 Å². The van der Waals surface area contributed by atoms with Gasteiger partial charge in [0.05, 0.1) is 0 Å². The van der Waals surface area contributed by atoms with Gasteiger partial charge in [-0.2, -0.15) is 0 Å². The monoisotopic (exact) mass is 417 g/mol. The van der Waals surface area contributed by atoms with Crippen LogP contribution in [0.15, 0.2) is 83.7 Å². The number of benzene rings is 3. The van der Waals surface area contributed by atoms with Crippen molar-refractivity contribution in [2.45, 2.75) is 46.2 Å². The molecule has 0 bridgehead atoms. The van der Waals surface area contributed by atoms with Crippen LogP contribution in [0, 0.1) is 0 Å². The Bertz CT molecular complexity index is 1280. The van der Waals surface area contributed by atoms with Gasteiger partial charge in [-0.1, -0.05) is 74.5 Å². The van der Waals surface area contributed by atoms with Gasteiger partial charge in [0.1, 0.15) is 5.67 Å². The minimum Gasteiger partial charge on any atom is -0.321 e.